The van der Waals surface area contributed by atoms with E-state index in [1.807, 2.05) is 0 Å². The molecule has 116 valence electrons. The minimum Gasteiger partial charge on any atom is -0.371 e. The first-order chi connectivity index (χ1) is 9.33. The smallest absolute Gasteiger partial charge is 0.176 e. The quantitative estimate of drug-likeness (QED) is 0.730. The summed E-state index contributed by atoms with van der Waals surface area (Å²) < 4.78 is 18.9. The Hall–Kier alpha value is -0.120. The normalized spacial score (nSPS) is 46.4. The molecule has 3 heteroatoms. The Labute approximate surface area is 123 Å². The standard InChI is InChI=1S/C17H30O3/c1-6-16-8-7-13(2)20-15(16,5)14(3,4)17(10-9-16)18-11-12-19-17/h13H,6-12H2,1-5H3. The molecule has 0 aromatic carbocycles. The molecule has 0 aromatic heterocycles. The fourth-order valence-electron chi connectivity index (χ4n) is 5.21. The second-order valence-corrected chi connectivity index (χ2v) is 7.71. The molecular formula is C17H30O3. The molecule has 20 heavy (non-hydrogen) atoms. The number of hydrogen-bond acceptors (Lipinski definition) is 3. The van der Waals surface area contributed by atoms with Crippen molar-refractivity contribution in [3.05, 3.63) is 0 Å². The van der Waals surface area contributed by atoms with Crippen LogP contribution in [0.3, 0.4) is 0 Å². The van der Waals surface area contributed by atoms with Gasteiger partial charge in [0, 0.05) is 11.8 Å². The van der Waals surface area contributed by atoms with Crippen molar-refractivity contribution < 1.29 is 14.2 Å². The molecule has 3 atom stereocenters. The molecule has 0 bridgehead atoms. The van der Waals surface area contributed by atoms with Gasteiger partial charge in [-0.2, -0.15) is 0 Å². The monoisotopic (exact) mass is 282 g/mol. The summed E-state index contributed by atoms with van der Waals surface area (Å²) in [5.41, 5.74) is -0.0575. The third kappa shape index (κ3) is 1.57. The first kappa shape index (κ1) is 14.8. The summed E-state index contributed by atoms with van der Waals surface area (Å²) in [5.74, 6) is -0.447. The fourth-order valence-corrected chi connectivity index (χ4v) is 5.21. The van der Waals surface area contributed by atoms with Gasteiger partial charge in [-0.05, 0) is 44.9 Å². The van der Waals surface area contributed by atoms with Crippen LogP contribution in [0.1, 0.15) is 66.7 Å². The zero-order chi connectivity index (χ0) is 14.6. The summed E-state index contributed by atoms with van der Waals surface area (Å²) in [6, 6.07) is 0. The summed E-state index contributed by atoms with van der Waals surface area (Å²) in [5, 5.41) is 0. The maximum Gasteiger partial charge on any atom is 0.176 e. The molecule has 3 fully saturated rings. The van der Waals surface area contributed by atoms with Gasteiger partial charge in [-0.3, -0.25) is 0 Å². The molecule has 2 heterocycles. The number of ether oxygens (including phenoxy) is 3. The molecule has 3 aliphatic rings. The van der Waals surface area contributed by atoms with Crippen molar-refractivity contribution in [3.8, 4) is 0 Å². The Balaban J connectivity index is 2.06. The van der Waals surface area contributed by atoms with E-state index < -0.39 is 5.79 Å². The minimum absolute atomic E-state index is 0.139. The van der Waals surface area contributed by atoms with Crippen LogP contribution in [0.5, 0.6) is 0 Å². The molecule has 0 amide bonds. The molecule has 2 aliphatic heterocycles. The lowest BCUT2D eigenvalue weighted by atomic mass is 9.47. The summed E-state index contributed by atoms with van der Waals surface area (Å²) >= 11 is 0. The summed E-state index contributed by atoms with van der Waals surface area (Å²) in [4.78, 5) is 0. The zero-order valence-corrected chi connectivity index (χ0v) is 13.8. The Morgan fingerprint density at radius 1 is 1.00 bits per heavy atom. The van der Waals surface area contributed by atoms with E-state index in [-0.39, 0.29) is 16.4 Å². The lowest BCUT2D eigenvalue weighted by Gasteiger charge is -2.67. The molecule has 1 saturated carbocycles. The predicted octanol–water partition coefficient (Wildman–Crippen LogP) is 3.90. The largest absolute Gasteiger partial charge is 0.371 e. The highest BCUT2D eigenvalue weighted by Crippen LogP contribution is 2.66. The highest BCUT2D eigenvalue weighted by Gasteiger charge is 2.70. The van der Waals surface area contributed by atoms with E-state index in [1.54, 1.807) is 0 Å². The molecule has 1 spiro atoms. The van der Waals surface area contributed by atoms with Gasteiger partial charge in [-0.1, -0.05) is 20.8 Å². The van der Waals surface area contributed by atoms with Crippen LogP contribution in [0.2, 0.25) is 0 Å². The molecule has 3 unspecified atom stereocenters. The molecule has 2 saturated heterocycles. The van der Waals surface area contributed by atoms with E-state index in [9.17, 15) is 0 Å². The van der Waals surface area contributed by atoms with Crippen molar-refractivity contribution in [2.24, 2.45) is 10.8 Å². The molecular weight excluding hydrogens is 252 g/mol. The summed E-state index contributed by atoms with van der Waals surface area (Å²) in [6.07, 6.45) is 6.09. The zero-order valence-electron chi connectivity index (χ0n) is 13.8. The first-order valence-corrected chi connectivity index (χ1v) is 8.28. The number of rotatable bonds is 1. The Morgan fingerprint density at radius 3 is 2.25 bits per heavy atom. The predicted molar refractivity (Wildman–Crippen MR) is 78.6 cm³/mol. The van der Waals surface area contributed by atoms with Crippen molar-refractivity contribution in [2.75, 3.05) is 13.2 Å². The van der Waals surface area contributed by atoms with Crippen LogP contribution in [0.15, 0.2) is 0 Å². The minimum atomic E-state index is -0.447. The number of fused-ring (bicyclic) bond motifs is 1. The van der Waals surface area contributed by atoms with E-state index in [0.29, 0.717) is 19.3 Å². The van der Waals surface area contributed by atoms with Gasteiger partial charge >= 0.3 is 0 Å². The Bertz CT molecular complexity index is 386. The van der Waals surface area contributed by atoms with Crippen LogP contribution in [0.4, 0.5) is 0 Å². The van der Waals surface area contributed by atoms with Crippen molar-refractivity contribution >= 4 is 0 Å². The van der Waals surface area contributed by atoms with E-state index in [2.05, 4.69) is 34.6 Å². The second kappa shape index (κ2) is 4.44. The summed E-state index contributed by atoms with van der Waals surface area (Å²) in [6.45, 7) is 12.9. The first-order valence-electron chi connectivity index (χ1n) is 8.28. The van der Waals surface area contributed by atoms with Gasteiger partial charge in [0.2, 0.25) is 0 Å². The van der Waals surface area contributed by atoms with Crippen LogP contribution in [-0.4, -0.2) is 30.7 Å². The SMILES string of the molecule is CCC12CCC(C)OC1(C)C(C)(C)C1(CC2)OCCO1. The van der Waals surface area contributed by atoms with Crippen molar-refractivity contribution in [1.29, 1.82) is 0 Å². The average Bonchev–Trinajstić information content (AvgIpc) is 2.87. The van der Waals surface area contributed by atoms with Gasteiger partial charge in [0.1, 0.15) is 0 Å². The average molecular weight is 282 g/mol. The maximum atomic E-state index is 6.61. The van der Waals surface area contributed by atoms with E-state index in [1.165, 1.54) is 19.3 Å². The highest BCUT2D eigenvalue weighted by atomic mass is 16.7. The Kier molecular flexibility index (Phi) is 3.28. The van der Waals surface area contributed by atoms with Crippen LogP contribution >= 0.6 is 0 Å². The Morgan fingerprint density at radius 2 is 1.65 bits per heavy atom. The van der Waals surface area contributed by atoms with Crippen molar-refractivity contribution in [3.63, 3.8) is 0 Å². The van der Waals surface area contributed by atoms with Crippen molar-refractivity contribution in [1.82, 2.24) is 0 Å². The summed E-state index contributed by atoms with van der Waals surface area (Å²) in [7, 11) is 0. The molecule has 3 nitrogen and oxygen atoms in total. The molecule has 3 rings (SSSR count). The van der Waals surface area contributed by atoms with Gasteiger partial charge < -0.3 is 14.2 Å². The van der Waals surface area contributed by atoms with Gasteiger partial charge in [0.05, 0.1) is 24.9 Å². The van der Waals surface area contributed by atoms with Crippen LogP contribution in [0, 0.1) is 10.8 Å². The van der Waals surface area contributed by atoms with E-state index in [4.69, 9.17) is 14.2 Å². The lowest BCUT2D eigenvalue weighted by molar-refractivity contribution is -0.362. The lowest BCUT2D eigenvalue weighted by Crippen LogP contribution is -2.71. The van der Waals surface area contributed by atoms with E-state index >= 15 is 0 Å². The van der Waals surface area contributed by atoms with Crippen LogP contribution in [-0.2, 0) is 14.2 Å². The molecule has 0 radical (unpaired) electrons. The molecule has 0 aromatic rings. The number of hydrogen-bond donors (Lipinski definition) is 0. The van der Waals surface area contributed by atoms with Gasteiger partial charge in [-0.25, -0.2) is 0 Å². The van der Waals surface area contributed by atoms with Crippen LogP contribution < -0.4 is 0 Å². The third-order valence-electron chi connectivity index (χ3n) is 6.99. The van der Waals surface area contributed by atoms with Gasteiger partial charge in [0.15, 0.2) is 5.79 Å². The topological polar surface area (TPSA) is 27.7 Å². The van der Waals surface area contributed by atoms with Crippen molar-refractivity contribution in [2.45, 2.75) is 84.2 Å². The van der Waals surface area contributed by atoms with Crippen LogP contribution in [0.25, 0.3) is 0 Å². The molecule has 0 N–H and O–H groups in total. The van der Waals surface area contributed by atoms with Gasteiger partial charge in [0.25, 0.3) is 0 Å². The van der Waals surface area contributed by atoms with Gasteiger partial charge in [-0.15, -0.1) is 0 Å². The second-order valence-electron chi connectivity index (χ2n) is 7.71. The third-order valence-corrected chi connectivity index (χ3v) is 6.99. The van der Waals surface area contributed by atoms with E-state index in [0.717, 1.165) is 12.8 Å². The highest BCUT2D eigenvalue weighted by molar-refractivity contribution is 5.16. The maximum absolute atomic E-state index is 6.61. The molecule has 1 aliphatic carbocycles. The fraction of sp³-hybridized carbons (Fsp3) is 1.00.